The zero-order valence-electron chi connectivity index (χ0n) is 11.9. The van der Waals surface area contributed by atoms with Crippen LogP contribution in [0.3, 0.4) is 0 Å². The van der Waals surface area contributed by atoms with Crippen LogP contribution in [0.5, 0.6) is 0 Å². The molecular weight excluding hydrogens is 226 g/mol. The molecule has 0 spiro atoms. The Morgan fingerprint density at radius 1 is 1.61 bits per heavy atom. The Morgan fingerprint density at radius 2 is 2.39 bits per heavy atom. The third-order valence-electron chi connectivity index (χ3n) is 3.91. The molecule has 0 amide bonds. The van der Waals surface area contributed by atoms with Gasteiger partial charge in [0.2, 0.25) is 5.89 Å². The fourth-order valence-electron chi connectivity index (χ4n) is 2.95. The van der Waals surface area contributed by atoms with Crippen molar-refractivity contribution in [2.75, 3.05) is 13.1 Å². The number of aryl methyl sites for hydroxylation is 1. The zero-order valence-corrected chi connectivity index (χ0v) is 11.9. The third-order valence-corrected chi connectivity index (χ3v) is 3.91. The van der Waals surface area contributed by atoms with Gasteiger partial charge in [-0.2, -0.15) is 0 Å². The maximum Gasteiger partial charge on any atom is 0.211 e. The molecule has 1 aromatic heterocycles. The molecule has 1 aliphatic heterocycles. The topological polar surface area (TPSA) is 41.3 Å². The number of nitrogens with zero attached hydrogens (tertiary/aromatic N) is 2. The second-order valence-corrected chi connectivity index (χ2v) is 5.35. The van der Waals surface area contributed by atoms with Crippen molar-refractivity contribution >= 4 is 0 Å². The molecule has 0 aromatic carbocycles. The number of hydrogen-bond acceptors (Lipinski definition) is 4. The van der Waals surface area contributed by atoms with Crippen LogP contribution >= 0.6 is 0 Å². The van der Waals surface area contributed by atoms with E-state index in [1.165, 1.54) is 12.8 Å². The van der Waals surface area contributed by atoms with Crippen molar-refractivity contribution in [2.45, 2.75) is 58.7 Å². The van der Waals surface area contributed by atoms with Crippen LogP contribution in [0.1, 0.15) is 51.3 Å². The molecule has 3 unspecified atom stereocenters. The van der Waals surface area contributed by atoms with Crippen molar-refractivity contribution in [2.24, 2.45) is 0 Å². The van der Waals surface area contributed by atoms with Crippen LogP contribution < -0.4 is 5.32 Å². The van der Waals surface area contributed by atoms with E-state index < -0.39 is 0 Å². The van der Waals surface area contributed by atoms with Gasteiger partial charge in [-0.1, -0.05) is 6.92 Å². The Bertz CT molecular complexity index is 377. The summed E-state index contributed by atoms with van der Waals surface area (Å²) in [5, 5.41) is 3.55. The first kappa shape index (κ1) is 13.6. The SMILES string of the molecule is CCNC1CCN(C(C)c2ncc(C)o2)C(C)C1. The highest BCUT2D eigenvalue weighted by Crippen LogP contribution is 2.27. The standard InChI is InChI=1S/C14H25N3O/c1-5-15-13-6-7-17(10(2)8-13)12(4)14-16-9-11(3)18-14/h9-10,12-13,15H,5-8H2,1-4H3. The Labute approximate surface area is 110 Å². The van der Waals surface area contributed by atoms with Gasteiger partial charge in [-0.05, 0) is 40.2 Å². The molecular formula is C14H25N3O. The van der Waals surface area contributed by atoms with E-state index in [4.69, 9.17) is 4.42 Å². The molecule has 1 fully saturated rings. The zero-order chi connectivity index (χ0) is 13.1. The summed E-state index contributed by atoms with van der Waals surface area (Å²) in [5.74, 6) is 1.74. The number of aromatic nitrogens is 1. The highest BCUT2D eigenvalue weighted by Gasteiger charge is 2.30. The largest absolute Gasteiger partial charge is 0.444 e. The van der Waals surface area contributed by atoms with Crippen molar-refractivity contribution in [1.29, 1.82) is 0 Å². The van der Waals surface area contributed by atoms with Crippen molar-refractivity contribution in [3.63, 3.8) is 0 Å². The summed E-state index contributed by atoms with van der Waals surface area (Å²) in [6.07, 6.45) is 4.22. The van der Waals surface area contributed by atoms with Gasteiger partial charge < -0.3 is 9.73 Å². The minimum absolute atomic E-state index is 0.274. The lowest BCUT2D eigenvalue weighted by atomic mass is 9.96. The molecule has 0 aliphatic carbocycles. The molecule has 1 aromatic rings. The van der Waals surface area contributed by atoms with E-state index in [9.17, 15) is 0 Å². The summed E-state index contributed by atoms with van der Waals surface area (Å²) in [7, 11) is 0. The molecule has 3 atom stereocenters. The third kappa shape index (κ3) is 2.93. The molecule has 1 saturated heterocycles. The number of hydrogen-bond donors (Lipinski definition) is 1. The van der Waals surface area contributed by atoms with Crippen LogP contribution in [-0.2, 0) is 0 Å². The van der Waals surface area contributed by atoms with Gasteiger partial charge in [0.25, 0.3) is 0 Å². The maximum atomic E-state index is 5.65. The molecule has 1 aliphatic rings. The van der Waals surface area contributed by atoms with Gasteiger partial charge in [0.15, 0.2) is 0 Å². The molecule has 2 rings (SSSR count). The average Bonchev–Trinajstić information content (AvgIpc) is 2.76. The Hall–Kier alpha value is -0.870. The number of rotatable bonds is 4. The van der Waals surface area contributed by atoms with E-state index in [2.05, 4.69) is 36.0 Å². The van der Waals surface area contributed by atoms with E-state index in [0.717, 1.165) is 24.7 Å². The van der Waals surface area contributed by atoms with Gasteiger partial charge in [0, 0.05) is 18.6 Å². The molecule has 0 radical (unpaired) electrons. The van der Waals surface area contributed by atoms with E-state index in [-0.39, 0.29) is 6.04 Å². The summed E-state index contributed by atoms with van der Waals surface area (Å²) >= 11 is 0. The van der Waals surface area contributed by atoms with Gasteiger partial charge >= 0.3 is 0 Å². The van der Waals surface area contributed by atoms with Gasteiger partial charge in [0.1, 0.15) is 5.76 Å². The fraction of sp³-hybridized carbons (Fsp3) is 0.786. The van der Waals surface area contributed by atoms with Crippen molar-refractivity contribution < 1.29 is 4.42 Å². The van der Waals surface area contributed by atoms with Gasteiger partial charge in [0.05, 0.1) is 12.2 Å². The highest BCUT2D eigenvalue weighted by atomic mass is 16.4. The van der Waals surface area contributed by atoms with Crippen LogP contribution in [0, 0.1) is 6.92 Å². The first-order chi connectivity index (χ1) is 8.61. The van der Waals surface area contributed by atoms with Crippen LogP contribution in [0.2, 0.25) is 0 Å². The van der Waals surface area contributed by atoms with E-state index in [0.29, 0.717) is 12.1 Å². The molecule has 4 nitrogen and oxygen atoms in total. The fourth-order valence-corrected chi connectivity index (χ4v) is 2.95. The minimum Gasteiger partial charge on any atom is -0.444 e. The molecule has 2 heterocycles. The van der Waals surface area contributed by atoms with Gasteiger partial charge in [-0.3, -0.25) is 4.90 Å². The summed E-state index contributed by atoms with van der Waals surface area (Å²) in [6, 6.07) is 1.51. The van der Waals surface area contributed by atoms with Crippen molar-refractivity contribution in [1.82, 2.24) is 15.2 Å². The predicted octanol–water partition coefficient (Wildman–Crippen LogP) is 2.51. The van der Waals surface area contributed by atoms with Crippen LogP contribution in [-0.4, -0.2) is 35.1 Å². The highest BCUT2D eigenvalue weighted by molar-refractivity contribution is 4.98. The maximum absolute atomic E-state index is 5.65. The Kier molecular flexibility index (Phi) is 4.40. The number of piperidine rings is 1. The quantitative estimate of drug-likeness (QED) is 0.892. The lowest BCUT2D eigenvalue weighted by Gasteiger charge is -2.40. The molecule has 4 heteroatoms. The summed E-state index contributed by atoms with van der Waals surface area (Å²) in [6.45, 7) is 10.8. The predicted molar refractivity (Wildman–Crippen MR) is 72.5 cm³/mol. The first-order valence-electron chi connectivity index (χ1n) is 7.03. The van der Waals surface area contributed by atoms with E-state index in [1.807, 2.05) is 13.1 Å². The van der Waals surface area contributed by atoms with Crippen LogP contribution in [0.25, 0.3) is 0 Å². The van der Waals surface area contributed by atoms with E-state index in [1.54, 1.807) is 0 Å². The Balaban J connectivity index is 1.97. The molecule has 1 N–H and O–H groups in total. The molecule has 0 saturated carbocycles. The molecule has 102 valence electrons. The number of likely N-dealkylation sites (tertiary alicyclic amines) is 1. The molecule has 0 bridgehead atoms. The van der Waals surface area contributed by atoms with Crippen molar-refractivity contribution in [3.8, 4) is 0 Å². The van der Waals surface area contributed by atoms with Crippen LogP contribution in [0.15, 0.2) is 10.6 Å². The Morgan fingerprint density at radius 3 is 2.94 bits per heavy atom. The minimum atomic E-state index is 0.274. The lowest BCUT2D eigenvalue weighted by molar-refractivity contribution is 0.0821. The average molecular weight is 251 g/mol. The first-order valence-corrected chi connectivity index (χ1v) is 7.03. The lowest BCUT2D eigenvalue weighted by Crippen LogP contribution is -2.48. The summed E-state index contributed by atoms with van der Waals surface area (Å²) in [5.41, 5.74) is 0. The number of nitrogens with one attached hydrogen (secondary N) is 1. The normalized spacial score (nSPS) is 27.3. The van der Waals surface area contributed by atoms with Gasteiger partial charge in [-0.25, -0.2) is 4.98 Å². The summed E-state index contributed by atoms with van der Waals surface area (Å²) in [4.78, 5) is 6.86. The number of oxazole rings is 1. The monoisotopic (exact) mass is 251 g/mol. The van der Waals surface area contributed by atoms with E-state index >= 15 is 0 Å². The second-order valence-electron chi connectivity index (χ2n) is 5.35. The van der Waals surface area contributed by atoms with Crippen LogP contribution in [0.4, 0.5) is 0 Å². The van der Waals surface area contributed by atoms with Crippen molar-refractivity contribution in [3.05, 3.63) is 17.8 Å². The smallest absolute Gasteiger partial charge is 0.211 e. The second kappa shape index (κ2) is 5.85. The summed E-state index contributed by atoms with van der Waals surface area (Å²) < 4.78 is 5.65. The van der Waals surface area contributed by atoms with Gasteiger partial charge in [-0.15, -0.1) is 0 Å². The molecule has 18 heavy (non-hydrogen) atoms.